The fourth-order valence-electron chi connectivity index (χ4n) is 1.80. The number of aryl methyl sites for hydroxylation is 1. The van der Waals surface area contributed by atoms with Gasteiger partial charge in [0.15, 0.2) is 0 Å². The van der Waals surface area contributed by atoms with Crippen LogP contribution in [-0.2, 0) is 18.0 Å². The molecule has 2 rings (SSSR count). The van der Waals surface area contributed by atoms with Crippen molar-refractivity contribution in [1.82, 2.24) is 14.5 Å². The van der Waals surface area contributed by atoms with E-state index in [2.05, 4.69) is 35.8 Å². The van der Waals surface area contributed by atoms with Gasteiger partial charge >= 0.3 is 0 Å². The summed E-state index contributed by atoms with van der Waals surface area (Å²) in [5, 5.41) is 5.32. The molecule has 4 nitrogen and oxygen atoms in total. The zero-order chi connectivity index (χ0) is 15.1. The molecule has 114 valence electrons. The monoisotopic (exact) mass is 297 g/mol. The van der Waals surface area contributed by atoms with E-state index in [9.17, 15) is 4.21 Å². The van der Waals surface area contributed by atoms with Crippen LogP contribution >= 0.6 is 0 Å². The lowest BCUT2D eigenvalue weighted by Gasteiger charge is -2.13. The lowest BCUT2D eigenvalue weighted by atomic mass is 10.1. The van der Waals surface area contributed by atoms with Crippen LogP contribution < -0.4 is 4.72 Å². The predicted molar refractivity (Wildman–Crippen MR) is 89.0 cm³/mol. The Labute approximate surface area is 125 Å². The molecule has 20 heavy (non-hydrogen) atoms. The summed E-state index contributed by atoms with van der Waals surface area (Å²) in [6, 6.07) is 6.27. The number of hydrogen-bond acceptors (Lipinski definition) is 2. The van der Waals surface area contributed by atoms with Crippen LogP contribution in [0.4, 0.5) is 0 Å². The minimum Gasteiger partial charge on any atom is -0.268 e. The molecule has 0 saturated carbocycles. The SMILES string of the molecule is CCC.CC[S@@](=O)N[C@@H](C)c1ccc2c(cnn2C)c1.[HH]. The quantitative estimate of drug-likeness (QED) is 0.937. The third-order valence-electron chi connectivity index (χ3n) is 2.84. The molecule has 0 aliphatic heterocycles. The number of aromatic nitrogens is 2. The maximum atomic E-state index is 11.4. The van der Waals surface area contributed by atoms with E-state index in [4.69, 9.17) is 0 Å². The van der Waals surface area contributed by atoms with Crippen molar-refractivity contribution in [2.75, 3.05) is 5.75 Å². The third kappa shape index (κ3) is 4.42. The van der Waals surface area contributed by atoms with Crippen molar-refractivity contribution in [2.45, 2.75) is 40.2 Å². The molecule has 0 amide bonds. The highest BCUT2D eigenvalue weighted by Crippen LogP contribution is 2.19. The standard InChI is InChI=1S/C12H17N3OS.C3H8.H2/c1-4-17(16)14-9(2)10-5-6-12-11(7-10)8-13-15(12)3;1-3-2;/h5-9,14H,4H2,1-3H3;3H2,1-2H3;1H/t9-,17+;;/m0../s1. The van der Waals surface area contributed by atoms with Gasteiger partial charge in [0, 0.05) is 25.7 Å². The topological polar surface area (TPSA) is 46.9 Å². The lowest BCUT2D eigenvalue weighted by Crippen LogP contribution is -2.22. The number of fused-ring (bicyclic) bond motifs is 1. The number of hydrogen-bond donors (Lipinski definition) is 1. The highest BCUT2D eigenvalue weighted by atomic mass is 32.2. The molecule has 1 aromatic heterocycles. The Bertz CT molecular complexity index is 571. The van der Waals surface area contributed by atoms with Crippen LogP contribution in [0.2, 0.25) is 0 Å². The molecule has 2 aromatic rings. The van der Waals surface area contributed by atoms with Crippen molar-refractivity contribution < 1.29 is 5.64 Å². The second kappa shape index (κ2) is 8.17. The molecule has 5 heteroatoms. The Hall–Kier alpha value is -1.20. The zero-order valence-electron chi connectivity index (χ0n) is 13.0. The van der Waals surface area contributed by atoms with Crippen LogP contribution in [-0.4, -0.2) is 19.7 Å². The fourth-order valence-corrected chi connectivity index (χ4v) is 2.50. The molecular formula is C15H27N3OS. The van der Waals surface area contributed by atoms with E-state index in [1.165, 1.54) is 6.42 Å². The first-order valence-corrected chi connectivity index (χ1v) is 8.41. The summed E-state index contributed by atoms with van der Waals surface area (Å²) < 4.78 is 16.4. The molecule has 0 fully saturated rings. The Morgan fingerprint density at radius 3 is 2.65 bits per heavy atom. The van der Waals surface area contributed by atoms with E-state index in [1.54, 1.807) is 0 Å². The minimum atomic E-state index is -0.957. The van der Waals surface area contributed by atoms with Crippen molar-refractivity contribution in [2.24, 2.45) is 7.05 Å². The largest absolute Gasteiger partial charge is 0.268 e. The van der Waals surface area contributed by atoms with Crippen LogP contribution in [0.5, 0.6) is 0 Å². The van der Waals surface area contributed by atoms with Crippen molar-refractivity contribution in [3.63, 3.8) is 0 Å². The molecule has 0 aliphatic rings. The minimum absolute atomic E-state index is 0. The van der Waals surface area contributed by atoms with Crippen molar-refractivity contribution in [3.05, 3.63) is 30.0 Å². The smallest absolute Gasteiger partial charge is 0.0918 e. The Kier molecular flexibility index (Phi) is 6.88. The van der Waals surface area contributed by atoms with Gasteiger partial charge in [0.05, 0.1) is 22.7 Å². The number of benzene rings is 1. The van der Waals surface area contributed by atoms with Crippen LogP contribution in [0.1, 0.15) is 47.1 Å². The van der Waals surface area contributed by atoms with Gasteiger partial charge < -0.3 is 0 Å². The zero-order valence-corrected chi connectivity index (χ0v) is 13.8. The van der Waals surface area contributed by atoms with Gasteiger partial charge in [-0.25, -0.2) is 8.93 Å². The van der Waals surface area contributed by atoms with Crippen LogP contribution in [0, 0.1) is 0 Å². The van der Waals surface area contributed by atoms with Gasteiger partial charge in [-0.05, 0) is 24.6 Å². The highest BCUT2D eigenvalue weighted by molar-refractivity contribution is 7.82. The molecule has 0 bridgehead atoms. The molecular weight excluding hydrogens is 270 g/mol. The maximum absolute atomic E-state index is 11.4. The summed E-state index contributed by atoms with van der Waals surface area (Å²) in [6.45, 7) is 8.17. The first kappa shape index (κ1) is 16.9. The number of nitrogens with zero attached hydrogens (tertiary/aromatic N) is 2. The molecule has 0 spiro atoms. The summed E-state index contributed by atoms with van der Waals surface area (Å²) in [4.78, 5) is 0. The second-order valence-electron chi connectivity index (χ2n) is 4.77. The van der Waals surface area contributed by atoms with E-state index < -0.39 is 11.0 Å². The molecule has 0 radical (unpaired) electrons. The summed E-state index contributed by atoms with van der Waals surface area (Å²) in [6.07, 6.45) is 3.10. The van der Waals surface area contributed by atoms with E-state index in [-0.39, 0.29) is 7.47 Å². The van der Waals surface area contributed by atoms with Crippen molar-refractivity contribution in [3.8, 4) is 0 Å². The Balaban J connectivity index is 0.000000922. The van der Waals surface area contributed by atoms with Crippen LogP contribution in [0.15, 0.2) is 24.4 Å². The van der Waals surface area contributed by atoms with Gasteiger partial charge in [-0.15, -0.1) is 0 Å². The first-order valence-electron chi connectivity index (χ1n) is 7.09. The van der Waals surface area contributed by atoms with E-state index in [0.717, 1.165) is 16.5 Å². The van der Waals surface area contributed by atoms with E-state index in [1.807, 2.05) is 37.8 Å². The highest BCUT2D eigenvalue weighted by Gasteiger charge is 2.09. The van der Waals surface area contributed by atoms with Gasteiger partial charge in [-0.2, -0.15) is 5.10 Å². The molecule has 0 unspecified atom stereocenters. The normalized spacial score (nSPS) is 13.7. The van der Waals surface area contributed by atoms with Crippen LogP contribution in [0.25, 0.3) is 10.9 Å². The molecule has 2 atom stereocenters. The number of nitrogens with one attached hydrogen (secondary N) is 1. The molecule has 0 aliphatic carbocycles. The molecule has 1 N–H and O–H groups in total. The summed E-state index contributed by atoms with van der Waals surface area (Å²) in [5.74, 6) is 0.624. The summed E-state index contributed by atoms with van der Waals surface area (Å²) >= 11 is 0. The van der Waals surface area contributed by atoms with Gasteiger partial charge in [-0.1, -0.05) is 33.3 Å². The average molecular weight is 297 g/mol. The van der Waals surface area contributed by atoms with E-state index in [0.29, 0.717) is 5.75 Å². The lowest BCUT2D eigenvalue weighted by molar-refractivity contribution is 0.652. The van der Waals surface area contributed by atoms with E-state index >= 15 is 0 Å². The predicted octanol–water partition coefficient (Wildman–Crippen LogP) is 3.57. The van der Waals surface area contributed by atoms with Gasteiger partial charge in [0.25, 0.3) is 0 Å². The fraction of sp³-hybridized carbons (Fsp3) is 0.533. The van der Waals surface area contributed by atoms with Gasteiger partial charge in [0.2, 0.25) is 0 Å². The molecule has 1 heterocycles. The van der Waals surface area contributed by atoms with Gasteiger partial charge in [-0.3, -0.25) is 4.68 Å². The first-order chi connectivity index (χ1) is 9.53. The van der Waals surface area contributed by atoms with Gasteiger partial charge in [0.1, 0.15) is 0 Å². The Morgan fingerprint density at radius 1 is 1.40 bits per heavy atom. The second-order valence-corrected chi connectivity index (χ2v) is 6.27. The third-order valence-corrected chi connectivity index (χ3v) is 3.98. The van der Waals surface area contributed by atoms with Crippen molar-refractivity contribution in [1.29, 1.82) is 0 Å². The Morgan fingerprint density at radius 2 is 2.05 bits per heavy atom. The molecule has 0 saturated heterocycles. The van der Waals surface area contributed by atoms with Crippen molar-refractivity contribution >= 4 is 21.9 Å². The number of rotatable bonds is 4. The maximum Gasteiger partial charge on any atom is 0.0918 e. The summed E-state index contributed by atoms with van der Waals surface area (Å²) in [7, 11) is 0.969. The summed E-state index contributed by atoms with van der Waals surface area (Å²) in [5.41, 5.74) is 2.24. The molecule has 1 aromatic carbocycles. The average Bonchev–Trinajstić information content (AvgIpc) is 2.80. The van der Waals surface area contributed by atoms with Crippen LogP contribution in [0.3, 0.4) is 0 Å².